The highest BCUT2D eigenvalue weighted by molar-refractivity contribution is 14.0. The van der Waals surface area contributed by atoms with Crippen molar-refractivity contribution in [1.29, 1.82) is 0 Å². The Morgan fingerprint density at radius 3 is 2.25 bits per heavy atom. The van der Waals surface area contributed by atoms with E-state index >= 15 is 0 Å². The summed E-state index contributed by atoms with van der Waals surface area (Å²) in [6.07, 6.45) is 2.63. The average Bonchev–Trinajstić information content (AvgIpc) is 2.80. The molecule has 1 aromatic carbocycles. The van der Waals surface area contributed by atoms with Crippen molar-refractivity contribution in [3.63, 3.8) is 0 Å². The first-order valence-electron chi connectivity index (χ1n) is 10.8. The molecule has 1 amide bonds. The third-order valence-corrected chi connectivity index (χ3v) is 5.37. The monoisotopic (exact) mass is 563 g/mol. The van der Waals surface area contributed by atoms with Crippen LogP contribution in [0.1, 0.15) is 25.3 Å². The van der Waals surface area contributed by atoms with Gasteiger partial charge in [0.2, 0.25) is 5.91 Å². The Balaban J connectivity index is 0.00000512. The number of carbonyl (C=O) groups is 1. The van der Waals surface area contributed by atoms with Crippen LogP contribution in [0.2, 0.25) is 0 Å². The number of piperidine rings is 1. The summed E-state index contributed by atoms with van der Waals surface area (Å²) in [5.41, 5.74) is 0.966. The van der Waals surface area contributed by atoms with E-state index in [0.29, 0.717) is 31.3 Å². The second-order valence-corrected chi connectivity index (χ2v) is 7.39. The maximum atomic E-state index is 11.6. The highest BCUT2D eigenvalue weighted by Gasteiger charge is 2.21. The maximum Gasteiger partial charge on any atom is 0.233 e. The van der Waals surface area contributed by atoms with Gasteiger partial charge in [-0.15, -0.1) is 24.0 Å². The number of hydrogen-bond donors (Lipinski definition) is 3. The Labute approximate surface area is 208 Å². The number of likely N-dealkylation sites (N-methyl/N-ethyl adjacent to an activating group) is 1. The predicted octanol–water partition coefficient (Wildman–Crippen LogP) is 1.64. The van der Waals surface area contributed by atoms with Gasteiger partial charge in [-0.2, -0.15) is 0 Å². The van der Waals surface area contributed by atoms with E-state index in [1.54, 1.807) is 28.4 Å². The van der Waals surface area contributed by atoms with E-state index in [2.05, 4.69) is 27.8 Å². The third kappa shape index (κ3) is 8.53. The van der Waals surface area contributed by atoms with Crippen molar-refractivity contribution in [3.05, 3.63) is 17.7 Å². The van der Waals surface area contributed by atoms with Crippen molar-refractivity contribution in [2.45, 2.75) is 32.2 Å². The summed E-state index contributed by atoms with van der Waals surface area (Å²) in [5.74, 6) is 3.02. The molecule has 3 N–H and O–H groups in total. The molecule has 32 heavy (non-hydrogen) atoms. The molecular formula is C22H38IN5O4. The van der Waals surface area contributed by atoms with Gasteiger partial charge < -0.3 is 30.2 Å². The van der Waals surface area contributed by atoms with Gasteiger partial charge in [-0.05, 0) is 26.2 Å². The van der Waals surface area contributed by atoms with Gasteiger partial charge in [0.05, 0.1) is 27.9 Å². The summed E-state index contributed by atoms with van der Waals surface area (Å²) in [5, 5.41) is 9.54. The van der Waals surface area contributed by atoms with Gasteiger partial charge in [0.15, 0.2) is 5.96 Å². The molecule has 0 spiro atoms. The van der Waals surface area contributed by atoms with Crippen LogP contribution in [0.5, 0.6) is 17.2 Å². The van der Waals surface area contributed by atoms with Crippen LogP contribution in [0.15, 0.2) is 17.1 Å². The largest absolute Gasteiger partial charge is 0.496 e. The molecule has 1 saturated heterocycles. The molecule has 0 radical (unpaired) electrons. The third-order valence-electron chi connectivity index (χ3n) is 5.37. The standard InChI is InChI=1S/C22H37N5O4.HI/c1-6-24-22(26-16-8-11-27(12-9-16)15-21(28)23-2)25-10-7-18-19(30-4)13-17(29-3)14-20(18)31-5;/h13-14,16H,6-12,15H2,1-5H3,(H,23,28)(H2,24,25,26);1H. The molecule has 1 aliphatic heterocycles. The number of aliphatic imine (C=N–C) groups is 1. The Morgan fingerprint density at radius 1 is 1.12 bits per heavy atom. The molecule has 0 aliphatic carbocycles. The lowest BCUT2D eigenvalue weighted by Crippen LogP contribution is -2.50. The number of rotatable bonds is 10. The summed E-state index contributed by atoms with van der Waals surface area (Å²) in [6, 6.07) is 4.05. The number of nitrogens with zero attached hydrogens (tertiary/aromatic N) is 2. The molecule has 1 heterocycles. The topological polar surface area (TPSA) is 96.5 Å². The number of methoxy groups -OCH3 is 3. The fourth-order valence-corrected chi connectivity index (χ4v) is 3.63. The summed E-state index contributed by atoms with van der Waals surface area (Å²) < 4.78 is 16.4. The van der Waals surface area contributed by atoms with Gasteiger partial charge in [0, 0.05) is 57.0 Å². The molecule has 2 rings (SSSR count). The number of amides is 1. The van der Waals surface area contributed by atoms with Crippen LogP contribution >= 0.6 is 24.0 Å². The van der Waals surface area contributed by atoms with Crippen molar-refractivity contribution in [1.82, 2.24) is 20.9 Å². The molecule has 9 nitrogen and oxygen atoms in total. The average molecular weight is 563 g/mol. The minimum atomic E-state index is 0. The Bertz CT molecular complexity index is 714. The number of hydrogen-bond acceptors (Lipinski definition) is 6. The summed E-state index contributed by atoms with van der Waals surface area (Å²) in [6.45, 7) is 5.68. The maximum absolute atomic E-state index is 11.6. The van der Waals surface area contributed by atoms with Gasteiger partial charge in [-0.1, -0.05) is 0 Å². The van der Waals surface area contributed by atoms with Gasteiger partial charge in [-0.25, -0.2) is 0 Å². The summed E-state index contributed by atoms with van der Waals surface area (Å²) in [4.78, 5) is 18.5. The lowest BCUT2D eigenvalue weighted by molar-refractivity contribution is -0.122. The van der Waals surface area contributed by atoms with E-state index in [-0.39, 0.29) is 29.9 Å². The van der Waals surface area contributed by atoms with Crippen molar-refractivity contribution in [2.75, 3.05) is 61.1 Å². The van der Waals surface area contributed by atoms with Crippen LogP contribution in [-0.4, -0.2) is 83.9 Å². The SMILES string of the molecule is CCNC(=NCCc1c(OC)cc(OC)cc1OC)NC1CCN(CC(=O)NC)CC1.I. The zero-order valence-corrected chi connectivity index (χ0v) is 22.2. The molecule has 1 aromatic rings. The van der Waals surface area contributed by atoms with Crippen LogP contribution in [0.25, 0.3) is 0 Å². The Kier molecular flexibility index (Phi) is 13.2. The van der Waals surface area contributed by atoms with Crippen LogP contribution in [0, 0.1) is 0 Å². The molecule has 0 unspecified atom stereocenters. The molecule has 182 valence electrons. The first-order chi connectivity index (χ1) is 15.0. The Hall–Kier alpha value is -1.95. The number of ether oxygens (including phenoxy) is 3. The summed E-state index contributed by atoms with van der Waals surface area (Å²) in [7, 11) is 6.58. The first-order valence-corrected chi connectivity index (χ1v) is 10.8. The molecule has 1 fully saturated rings. The van der Waals surface area contributed by atoms with Crippen LogP contribution in [0.4, 0.5) is 0 Å². The fourth-order valence-electron chi connectivity index (χ4n) is 3.63. The quantitative estimate of drug-likeness (QED) is 0.226. The van der Waals surface area contributed by atoms with E-state index < -0.39 is 0 Å². The minimum Gasteiger partial charge on any atom is -0.496 e. The van der Waals surface area contributed by atoms with Crippen molar-refractivity contribution >= 4 is 35.8 Å². The molecule has 0 saturated carbocycles. The molecule has 10 heteroatoms. The van der Waals surface area contributed by atoms with E-state index in [9.17, 15) is 4.79 Å². The highest BCUT2D eigenvalue weighted by atomic mass is 127. The molecule has 1 aliphatic rings. The lowest BCUT2D eigenvalue weighted by Gasteiger charge is -2.32. The zero-order valence-electron chi connectivity index (χ0n) is 19.8. The molecule has 0 bridgehead atoms. The minimum absolute atomic E-state index is 0. The number of carbonyl (C=O) groups excluding carboxylic acids is 1. The number of guanidine groups is 1. The smallest absolute Gasteiger partial charge is 0.233 e. The van der Waals surface area contributed by atoms with Gasteiger partial charge >= 0.3 is 0 Å². The van der Waals surface area contributed by atoms with Gasteiger partial charge in [-0.3, -0.25) is 14.7 Å². The molecular weight excluding hydrogens is 525 g/mol. The predicted molar refractivity (Wildman–Crippen MR) is 138 cm³/mol. The van der Waals surface area contributed by atoms with Crippen LogP contribution < -0.4 is 30.2 Å². The number of nitrogens with one attached hydrogen (secondary N) is 3. The van der Waals surface area contributed by atoms with E-state index in [1.165, 1.54) is 0 Å². The van der Waals surface area contributed by atoms with Crippen molar-refractivity contribution in [2.24, 2.45) is 4.99 Å². The van der Waals surface area contributed by atoms with E-state index in [4.69, 9.17) is 19.2 Å². The lowest BCUT2D eigenvalue weighted by atomic mass is 10.1. The zero-order chi connectivity index (χ0) is 22.6. The van der Waals surface area contributed by atoms with E-state index in [0.717, 1.165) is 55.5 Å². The second-order valence-electron chi connectivity index (χ2n) is 7.39. The second kappa shape index (κ2) is 15.0. The van der Waals surface area contributed by atoms with Crippen LogP contribution in [0.3, 0.4) is 0 Å². The van der Waals surface area contributed by atoms with Gasteiger partial charge in [0.25, 0.3) is 0 Å². The normalized spacial score (nSPS) is 14.8. The summed E-state index contributed by atoms with van der Waals surface area (Å²) >= 11 is 0. The first kappa shape index (κ1) is 28.1. The van der Waals surface area contributed by atoms with Gasteiger partial charge in [0.1, 0.15) is 17.2 Å². The molecule has 0 atom stereocenters. The fraction of sp³-hybridized carbons (Fsp3) is 0.636. The van der Waals surface area contributed by atoms with Crippen LogP contribution in [-0.2, 0) is 11.2 Å². The number of likely N-dealkylation sites (tertiary alicyclic amines) is 1. The van der Waals surface area contributed by atoms with Crippen molar-refractivity contribution < 1.29 is 19.0 Å². The number of halogens is 1. The Morgan fingerprint density at radius 2 is 1.75 bits per heavy atom. The highest BCUT2D eigenvalue weighted by Crippen LogP contribution is 2.34. The number of benzene rings is 1. The van der Waals surface area contributed by atoms with Crippen molar-refractivity contribution in [3.8, 4) is 17.2 Å². The molecule has 0 aromatic heterocycles. The van der Waals surface area contributed by atoms with E-state index in [1.807, 2.05) is 12.1 Å².